The summed E-state index contributed by atoms with van der Waals surface area (Å²) in [7, 11) is -0.679. The number of hydrogen-bond acceptors (Lipinski definition) is 5. The van der Waals surface area contributed by atoms with Crippen molar-refractivity contribution in [1.29, 1.82) is 0 Å². The molecule has 0 unspecified atom stereocenters. The molecule has 2 rings (SSSR count). The molecule has 0 aliphatic carbocycles. The van der Waals surface area contributed by atoms with Crippen LogP contribution in [0.1, 0.15) is 18.9 Å². The fraction of sp³-hybridized carbons (Fsp3) is 0.364. The van der Waals surface area contributed by atoms with E-state index >= 15 is 0 Å². The Balaban J connectivity index is 2.39. The van der Waals surface area contributed by atoms with Crippen LogP contribution in [0.5, 0.6) is 5.75 Å². The van der Waals surface area contributed by atoms with Crippen molar-refractivity contribution in [3.05, 3.63) is 58.6 Å². The van der Waals surface area contributed by atoms with E-state index < -0.39 is 28.5 Å². The molecule has 1 N–H and O–H groups in total. The second-order valence-corrected chi connectivity index (χ2v) is 9.98. The van der Waals surface area contributed by atoms with Gasteiger partial charge in [-0.3, -0.25) is 13.9 Å². The third kappa shape index (κ3) is 6.70. The summed E-state index contributed by atoms with van der Waals surface area (Å²) in [5.41, 5.74) is 1.15. The van der Waals surface area contributed by atoms with Gasteiger partial charge >= 0.3 is 0 Å². The van der Waals surface area contributed by atoms with Crippen LogP contribution in [-0.4, -0.2) is 58.1 Å². The number of nitrogens with zero attached hydrogens (tertiary/aromatic N) is 2. The monoisotopic (exact) mass is 525 g/mol. The van der Waals surface area contributed by atoms with Crippen LogP contribution >= 0.6 is 15.9 Å². The lowest BCUT2D eigenvalue weighted by Crippen LogP contribution is -2.51. The minimum Gasteiger partial charge on any atom is -0.497 e. The Labute approximate surface area is 197 Å². The highest BCUT2D eigenvalue weighted by Crippen LogP contribution is 2.22. The Kier molecular flexibility index (Phi) is 9.09. The first-order chi connectivity index (χ1) is 15.1. The lowest BCUT2D eigenvalue weighted by Gasteiger charge is -2.32. The maximum atomic E-state index is 13.4. The number of hydrogen-bond donors (Lipinski definition) is 1. The van der Waals surface area contributed by atoms with Gasteiger partial charge in [-0.25, -0.2) is 8.42 Å². The molecule has 0 bridgehead atoms. The zero-order valence-electron chi connectivity index (χ0n) is 18.5. The Morgan fingerprint density at radius 3 is 2.16 bits per heavy atom. The summed E-state index contributed by atoms with van der Waals surface area (Å²) in [6.07, 6.45) is 1.42. The summed E-state index contributed by atoms with van der Waals surface area (Å²) in [4.78, 5) is 27.3. The normalized spacial score (nSPS) is 12.0. The zero-order chi connectivity index (χ0) is 23.9. The number of rotatable bonds is 10. The smallest absolute Gasteiger partial charge is 0.244 e. The molecule has 0 aliphatic rings. The third-order valence-corrected chi connectivity index (χ3v) is 6.61. The quantitative estimate of drug-likeness (QED) is 0.514. The molecule has 0 radical (unpaired) electrons. The molecule has 174 valence electrons. The number of methoxy groups -OCH3 is 1. The van der Waals surface area contributed by atoms with Crippen LogP contribution < -0.4 is 14.4 Å². The average Bonchev–Trinajstić information content (AvgIpc) is 2.77. The van der Waals surface area contributed by atoms with Gasteiger partial charge in [0.15, 0.2) is 0 Å². The average molecular weight is 526 g/mol. The van der Waals surface area contributed by atoms with Crippen molar-refractivity contribution < 1.29 is 22.7 Å². The van der Waals surface area contributed by atoms with Crippen molar-refractivity contribution in [2.75, 3.05) is 31.3 Å². The number of benzene rings is 2. The van der Waals surface area contributed by atoms with Gasteiger partial charge in [0, 0.05) is 18.1 Å². The topological polar surface area (TPSA) is 96.0 Å². The van der Waals surface area contributed by atoms with Gasteiger partial charge in [0.2, 0.25) is 21.8 Å². The Morgan fingerprint density at radius 1 is 1.09 bits per heavy atom. The number of sulfonamides is 1. The maximum Gasteiger partial charge on any atom is 0.244 e. The molecule has 8 nitrogen and oxygen atoms in total. The summed E-state index contributed by atoms with van der Waals surface area (Å²) < 4.78 is 32.0. The first-order valence-electron chi connectivity index (χ1n) is 9.98. The van der Waals surface area contributed by atoms with Crippen molar-refractivity contribution in [1.82, 2.24) is 10.2 Å². The van der Waals surface area contributed by atoms with E-state index in [4.69, 9.17) is 4.74 Å². The van der Waals surface area contributed by atoms with E-state index in [0.717, 1.165) is 20.6 Å². The van der Waals surface area contributed by atoms with Crippen molar-refractivity contribution in [2.24, 2.45) is 0 Å². The molecule has 10 heteroatoms. The van der Waals surface area contributed by atoms with Crippen LogP contribution in [0.3, 0.4) is 0 Å². The molecule has 2 amide bonds. The fourth-order valence-electron chi connectivity index (χ4n) is 3.23. The largest absolute Gasteiger partial charge is 0.497 e. The molecule has 1 atom stereocenters. The molecule has 0 saturated carbocycles. The van der Waals surface area contributed by atoms with Gasteiger partial charge in [0.05, 0.1) is 19.1 Å². The van der Waals surface area contributed by atoms with Gasteiger partial charge in [-0.2, -0.15) is 0 Å². The highest BCUT2D eigenvalue weighted by Gasteiger charge is 2.31. The van der Waals surface area contributed by atoms with Gasteiger partial charge in [0.25, 0.3) is 0 Å². The molecule has 0 fully saturated rings. The number of carbonyl (C=O) groups is 2. The summed E-state index contributed by atoms with van der Waals surface area (Å²) in [6.45, 7) is 1.52. The van der Waals surface area contributed by atoms with Gasteiger partial charge in [-0.15, -0.1) is 0 Å². The number of nitrogens with one attached hydrogen (secondary N) is 1. The van der Waals surface area contributed by atoms with Gasteiger partial charge < -0.3 is 15.0 Å². The Morgan fingerprint density at radius 2 is 1.69 bits per heavy atom. The minimum absolute atomic E-state index is 0.146. The van der Waals surface area contributed by atoms with Crippen LogP contribution in [0.2, 0.25) is 0 Å². The van der Waals surface area contributed by atoms with E-state index in [2.05, 4.69) is 21.2 Å². The summed E-state index contributed by atoms with van der Waals surface area (Å²) in [6, 6.07) is 13.0. The Hall–Kier alpha value is -2.59. The van der Waals surface area contributed by atoms with Gasteiger partial charge in [0.1, 0.15) is 18.3 Å². The van der Waals surface area contributed by atoms with E-state index in [1.54, 1.807) is 62.6 Å². The molecular weight excluding hydrogens is 498 g/mol. The van der Waals surface area contributed by atoms with E-state index in [1.165, 1.54) is 11.9 Å². The molecule has 0 saturated heterocycles. The highest BCUT2D eigenvalue weighted by molar-refractivity contribution is 9.10. The van der Waals surface area contributed by atoms with Crippen molar-refractivity contribution in [2.45, 2.75) is 25.9 Å². The Bertz CT molecular complexity index is 1030. The number of carbonyl (C=O) groups excluding carboxylic acids is 2. The SMILES string of the molecule is CC[C@@H](C(=O)NC)N(Cc1ccc(OC)cc1)C(=O)CN(c1ccc(Br)cc1)S(C)(=O)=O. The number of ether oxygens (including phenoxy) is 1. The number of anilines is 1. The predicted octanol–water partition coefficient (Wildman–Crippen LogP) is 2.78. The summed E-state index contributed by atoms with van der Waals surface area (Å²) in [5, 5.41) is 2.59. The van der Waals surface area contributed by atoms with Crippen LogP contribution in [-0.2, 0) is 26.2 Å². The molecular formula is C22H28BrN3O5S. The first kappa shape index (κ1) is 25.7. The number of halogens is 1. The lowest BCUT2D eigenvalue weighted by atomic mass is 10.1. The molecule has 0 aliphatic heterocycles. The lowest BCUT2D eigenvalue weighted by molar-refractivity contribution is -0.140. The summed E-state index contributed by atoms with van der Waals surface area (Å²) in [5.74, 6) is -0.128. The standard InChI is InChI=1S/C22H28BrN3O5S/c1-5-20(22(28)24-2)25(14-16-6-12-19(31-3)13-7-16)21(27)15-26(32(4,29)30)18-10-8-17(23)9-11-18/h6-13,20H,5,14-15H2,1-4H3,(H,24,28)/t20-/m0/s1. The van der Waals surface area contributed by atoms with E-state index in [1.807, 2.05) is 0 Å². The van der Waals surface area contributed by atoms with Crippen LogP contribution in [0.15, 0.2) is 53.0 Å². The minimum atomic E-state index is -3.75. The van der Waals surface area contributed by atoms with Crippen LogP contribution in [0.4, 0.5) is 5.69 Å². The molecule has 0 spiro atoms. The molecule has 0 aromatic heterocycles. The second-order valence-electron chi connectivity index (χ2n) is 7.15. The fourth-order valence-corrected chi connectivity index (χ4v) is 4.35. The van der Waals surface area contributed by atoms with E-state index in [9.17, 15) is 18.0 Å². The van der Waals surface area contributed by atoms with Gasteiger partial charge in [-0.1, -0.05) is 35.0 Å². The van der Waals surface area contributed by atoms with Gasteiger partial charge in [-0.05, 0) is 48.4 Å². The summed E-state index contributed by atoms with van der Waals surface area (Å²) >= 11 is 3.32. The number of amides is 2. The highest BCUT2D eigenvalue weighted by atomic mass is 79.9. The molecule has 2 aromatic carbocycles. The second kappa shape index (κ2) is 11.3. The predicted molar refractivity (Wildman–Crippen MR) is 128 cm³/mol. The first-order valence-corrected chi connectivity index (χ1v) is 12.6. The van der Waals surface area contributed by atoms with Crippen LogP contribution in [0, 0.1) is 0 Å². The zero-order valence-corrected chi connectivity index (χ0v) is 20.9. The number of likely N-dealkylation sites (N-methyl/N-ethyl adjacent to an activating group) is 1. The van der Waals surface area contributed by atoms with Crippen molar-refractivity contribution >= 4 is 43.5 Å². The molecule has 2 aromatic rings. The molecule has 0 heterocycles. The third-order valence-electron chi connectivity index (χ3n) is 4.94. The maximum absolute atomic E-state index is 13.4. The van der Waals surface area contributed by atoms with Crippen LogP contribution in [0.25, 0.3) is 0 Å². The van der Waals surface area contributed by atoms with E-state index in [0.29, 0.717) is 17.9 Å². The van der Waals surface area contributed by atoms with Crippen molar-refractivity contribution in [3.63, 3.8) is 0 Å². The van der Waals surface area contributed by atoms with Crippen molar-refractivity contribution in [3.8, 4) is 5.75 Å². The van der Waals surface area contributed by atoms with E-state index in [-0.39, 0.29) is 12.5 Å². The molecule has 32 heavy (non-hydrogen) atoms.